The van der Waals surface area contributed by atoms with Crippen LogP contribution in [0.3, 0.4) is 0 Å². The minimum Gasteiger partial charge on any atom is -0.385 e. The third kappa shape index (κ3) is 8.29. The number of hydrogen-bond donors (Lipinski definition) is 2. The molecule has 4 rings (SSSR count). The van der Waals surface area contributed by atoms with E-state index in [0.29, 0.717) is 26.3 Å². The molecule has 1 aliphatic heterocycles. The number of rotatable bonds is 12. The average Bonchev–Trinajstić information content (AvgIpc) is 2.97. The molecule has 3 N–H and O–H groups in total. The summed E-state index contributed by atoms with van der Waals surface area (Å²) in [6, 6.07) is 19.1. The number of urea groups is 1. The lowest BCUT2D eigenvalue weighted by atomic mass is 9.85. The van der Waals surface area contributed by atoms with Crippen molar-refractivity contribution in [2.24, 2.45) is 17.6 Å². The van der Waals surface area contributed by atoms with E-state index >= 15 is 0 Å². The van der Waals surface area contributed by atoms with Gasteiger partial charge in [-0.2, -0.15) is 0 Å². The van der Waals surface area contributed by atoms with Crippen LogP contribution in [0.15, 0.2) is 54.6 Å². The van der Waals surface area contributed by atoms with E-state index in [1.165, 1.54) is 48.8 Å². The van der Waals surface area contributed by atoms with Crippen LogP contribution in [-0.4, -0.2) is 56.9 Å². The lowest BCUT2D eigenvalue weighted by Crippen LogP contribution is -2.49. The summed E-state index contributed by atoms with van der Waals surface area (Å²) in [5, 5.41) is 3.14. The van der Waals surface area contributed by atoms with Crippen molar-refractivity contribution in [2.75, 3.05) is 40.0 Å². The molecule has 38 heavy (non-hydrogen) atoms. The molecule has 1 saturated heterocycles. The normalized spacial score (nSPS) is 20.2. The van der Waals surface area contributed by atoms with Crippen molar-refractivity contribution >= 4 is 6.03 Å². The Balaban J connectivity index is 1.42. The Labute approximate surface area is 229 Å². The average molecular weight is 522 g/mol. The molecule has 1 saturated carbocycles. The molecule has 208 valence electrons. The van der Waals surface area contributed by atoms with Crippen molar-refractivity contribution < 1.29 is 14.3 Å². The maximum atomic E-state index is 13.2. The van der Waals surface area contributed by atoms with Crippen molar-refractivity contribution in [3.63, 3.8) is 0 Å². The minimum atomic E-state index is -0.0904. The van der Waals surface area contributed by atoms with Crippen molar-refractivity contribution in [1.29, 1.82) is 0 Å². The molecule has 0 spiro atoms. The van der Waals surface area contributed by atoms with Crippen LogP contribution in [0.1, 0.15) is 69.5 Å². The largest absolute Gasteiger partial charge is 0.385 e. The smallest absolute Gasteiger partial charge is 0.317 e. The summed E-state index contributed by atoms with van der Waals surface area (Å²) in [5.74, 6) is 0.938. The number of ether oxygens (including phenoxy) is 2. The van der Waals surface area contributed by atoms with Crippen LogP contribution in [0.2, 0.25) is 0 Å². The number of nitrogens with zero attached hydrogens (tertiary/aromatic N) is 1. The van der Waals surface area contributed by atoms with Gasteiger partial charge < -0.3 is 25.4 Å². The zero-order valence-electron chi connectivity index (χ0n) is 23.2. The third-order valence-electron chi connectivity index (χ3n) is 8.19. The molecule has 2 aromatic carbocycles. The molecular formula is C32H47N3O3. The predicted molar refractivity (Wildman–Crippen MR) is 154 cm³/mol. The second-order valence-electron chi connectivity index (χ2n) is 11.1. The lowest BCUT2D eigenvalue weighted by Gasteiger charge is -2.38. The third-order valence-corrected chi connectivity index (χ3v) is 8.19. The summed E-state index contributed by atoms with van der Waals surface area (Å²) < 4.78 is 11.8. The number of nitrogens with two attached hydrogens (primary N) is 1. The van der Waals surface area contributed by atoms with Crippen LogP contribution in [0.4, 0.5) is 4.79 Å². The van der Waals surface area contributed by atoms with Crippen LogP contribution >= 0.6 is 0 Å². The number of likely N-dealkylation sites (tertiary alicyclic amines) is 1. The number of nitrogens with one attached hydrogen (secondary N) is 1. The first kappa shape index (κ1) is 28.6. The molecule has 2 fully saturated rings. The summed E-state index contributed by atoms with van der Waals surface area (Å²) in [7, 11) is 1.72. The first-order valence-corrected chi connectivity index (χ1v) is 14.7. The van der Waals surface area contributed by atoms with E-state index in [1.807, 2.05) is 11.0 Å². The highest BCUT2D eigenvalue weighted by Crippen LogP contribution is 2.38. The summed E-state index contributed by atoms with van der Waals surface area (Å²) >= 11 is 0. The van der Waals surface area contributed by atoms with Gasteiger partial charge in [0.05, 0.1) is 6.10 Å². The van der Waals surface area contributed by atoms with Gasteiger partial charge in [-0.1, -0.05) is 86.7 Å². The molecule has 0 aromatic heterocycles. The van der Waals surface area contributed by atoms with Crippen LogP contribution in [0, 0.1) is 11.8 Å². The van der Waals surface area contributed by atoms with Crippen LogP contribution in [-0.2, 0) is 9.47 Å². The van der Waals surface area contributed by atoms with E-state index in [1.54, 1.807) is 7.11 Å². The van der Waals surface area contributed by atoms with E-state index in [4.69, 9.17) is 15.2 Å². The number of amides is 2. The van der Waals surface area contributed by atoms with E-state index in [9.17, 15) is 4.79 Å². The zero-order chi connectivity index (χ0) is 26.6. The number of carbonyl (C=O) groups excluding carboxylic acids is 1. The van der Waals surface area contributed by atoms with Gasteiger partial charge in [0.15, 0.2) is 0 Å². The fourth-order valence-corrected chi connectivity index (χ4v) is 6.23. The van der Waals surface area contributed by atoms with Gasteiger partial charge in [0, 0.05) is 51.9 Å². The molecule has 6 heteroatoms. The van der Waals surface area contributed by atoms with Gasteiger partial charge in [-0.15, -0.1) is 0 Å². The molecule has 6 nitrogen and oxygen atoms in total. The van der Waals surface area contributed by atoms with Gasteiger partial charge in [0.1, 0.15) is 0 Å². The minimum absolute atomic E-state index is 0.00303. The van der Waals surface area contributed by atoms with Crippen molar-refractivity contribution in [2.45, 2.75) is 69.9 Å². The van der Waals surface area contributed by atoms with Gasteiger partial charge in [0.25, 0.3) is 0 Å². The number of carbonyl (C=O) groups is 1. The fourth-order valence-electron chi connectivity index (χ4n) is 6.23. The highest BCUT2D eigenvalue weighted by Gasteiger charge is 2.32. The van der Waals surface area contributed by atoms with Gasteiger partial charge in [0.2, 0.25) is 0 Å². The SMILES string of the molecule is COCCCOC(c1ccccc1-c1ccccc1)C1CCCN(C(=O)NC[C@H](N)CC2CCCCC2)C1. The Hall–Kier alpha value is -2.41. The number of hydrogen-bond acceptors (Lipinski definition) is 4. The Morgan fingerprint density at radius 2 is 1.76 bits per heavy atom. The molecule has 1 aliphatic carbocycles. The Kier molecular flexibility index (Phi) is 11.5. The second kappa shape index (κ2) is 15.2. The molecule has 2 aliphatic rings. The predicted octanol–water partition coefficient (Wildman–Crippen LogP) is 6.17. The van der Waals surface area contributed by atoms with E-state index in [0.717, 1.165) is 38.1 Å². The van der Waals surface area contributed by atoms with Gasteiger partial charge in [-0.3, -0.25) is 0 Å². The molecule has 2 amide bonds. The van der Waals surface area contributed by atoms with Gasteiger partial charge in [-0.25, -0.2) is 4.79 Å². The van der Waals surface area contributed by atoms with Crippen molar-refractivity contribution in [3.8, 4) is 11.1 Å². The van der Waals surface area contributed by atoms with Gasteiger partial charge >= 0.3 is 6.03 Å². The first-order chi connectivity index (χ1) is 18.7. The maximum Gasteiger partial charge on any atom is 0.317 e. The van der Waals surface area contributed by atoms with Crippen LogP contribution in [0.5, 0.6) is 0 Å². The van der Waals surface area contributed by atoms with Gasteiger partial charge in [-0.05, 0) is 48.3 Å². The Morgan fingerprint density at radius 1 is 1.00 bits per heavy atom. The standard InChI is InChI=1S/C32H47N3O3/c1-37-20-11-21-38-31(30-18-9-8-17-29(30)26-14-6-3-7-15-26)27-16-10-19-35(24-27)32(36)34-23-28(33)22-25-12-4-2-5-13-25/h3,6-9,14-15,17-18,25,27-28,31H,2,4-5,10-13,16,19-24,33H2,1H3,(H,34,36)/t27?,28-,31?/m1/s1. The molecule has 0 radical (unpaired) electrons. The summed E-state index contributed by atoms with van der Waals surface area (Å²) in [6.07, 6.45) is 10.3. The molecule has 3 atom stereocenters. The second-order valence-corrected chi connectivity index (χ2v) is 11.1. The Bertz CT molecular complexity index is 963. The number of piperidine rings is 1. The molecule has 1 heterocycles. The van der Waals surface area contributed by atoms with E-state index < -0.39 is 0 Å². The molecule has 2 unspecified atom stereocenters. The van der Waals surface area contributed by atoms with E-state index in [-0.39, 0.29) is 24.1 Å². The first-order valence-electron chi connectivity index (χ1n) is 14.7. The van der Waals surface area contributed by atoms with Crippen molar-refractivity contribution in [3.05, 3.63) is 60.2 Å². The summed E-state index contributed by atoms with van der Waals surface area (Å²) in [5.41, 5.74) is 9.99. The zero-order valence-corrected chi connectivity index (χ0v) is 23.2. The Morgan fingerprint density at radius 3 is 2.55 bits per heavy atom. The fraction of sp³-hybridized carbons (Fsp3) is 0.594. The summed E-state index contributed by atoms with van der Waals surface area (Å²) in [6.45, 7) is 3.30. The lowest BCUT2D eigenvalue weighted by molar-refractivity contribution is -0.0163. The topological polar surface area (TPSA) is 76.8 Å². The maximum absolute atomic E-state index is 13.2. The van der Waals surface area contributed by atoms with Crippen LogP contribution < -0.4 is 11.1 Å². The number of benzene rings is 2. The number of methoxy groups -OCH3 is 1. The molecule has 2 aromatic rings. The summed E-state index contributed by atoms with van der Waals surface area (Å²) in [4.78, 5) is 15.2. The van der Waals surface area contributed by atoms with Crippen LogP contribution in [0.25, 0.3) is 11.1 Å². The highest BCUT2D eigenvalue weighted by atomic mass is 16.5. The highest BCUT2D eigenvalue weighted by molar-refractivity contribution is 5.74. The monoisotopic (exact) mass is 521 g/mol. The molecular weight excluding hydrogens is 474 g/mol. The van der Waals surface area contributed by atoms with Crippen molar-refractivity contribution in [1.82, 2.24) is 10.2 Å². The quantitative estimate of drug-likeness (QED) is 0.328. The van der Waals surface area contributed by atoms with E-state index in [2.05, 4.69) is 53.8 Å². The molecule has 0 bridgehead atoms.